The van der Waals surface area contributed by atoms with E-state index in [2.05, 4.69) is 0 Å². The molecule has 0 saturated heterocycles. The van der Waals surface area contributed by atoms with Gasteiger partial charge < -0.3 is 14.4 Å². The van der Waals surface area contributed by atoms with Gasteiger partial charge in [-0.05, 0) is 70.0 Å². The number of amides is 1. The second kappa shape index (κ2) is 7.82. The molecule has 0 spiro atoms. The highest BCUT2D eigenvalue weighted by Crippen LogP contribution is 2.32. The van der Waals surface area contributed by atoms with Crippen molar-refractivity contribution in [3.63, 3.8) is 0 Å². The Hall–Kier alpha value is -2.82. The van der Waals surface area contributed by atoms with Gasteiger partial charge in [0.15, 0.2) is 6.10 Å². The molecule has 0 N–H and O–H groups in total. The van der Waals surface area contributed by atoms with Gasteiger partial charge in [-0.1, -0.05) is 18.2 Å². The minimum atomic E-state index is -0.863. The summed E-state index contributed by atoms with van der Waals surface area (Å²) in [5.74, 6) is -0.0409. The van der Waals surface area contributed by atoms with Crippen molar-refractivity contribution >= 4 is 17.6 Å². The first kappa shape index (κ1) is 19.0. The molecule has 0 radical (unpaired) electrons. The fourth-order valence-electron chi connectivity index (χ4n) is 3.32. The number of nitrogens with zero attached hydrogens (tertiary/aromatic N) is 1. The van der Waals surface area contributed by atoms with Crippen LogP contribution in [0.15, 0.2) is 48.5 Å². The van der Waals surface area contributed by atoms with Crippen LogP contribution in [0.1, 0.15) is 43.6 Å². The maximum Gasteiger partial charge on any atom is 0.338 e. The number of hydrogen-bond acceptors (Lipinski definition) is 4. The Bertz CT molecular complexity index is 828. The van der Waals surface area contributed by atoms with E-state index < -0.39 is 12.1 Å². The summed E-state index contributed by atoms with van der Waals surface area (Å²) in [4.78, 5) is 27.0. The van der Waals surface area contributed by atoms with Crippen LogP contribution in [0.4, 0.5) is 5.69 Å². The third-order valence-corrected chi connectivity index (χ3v) is 4.54. The number of ether oxygens (including phenoxy) is 2. The van der Waals surface area contributed by atoms with E-state index in [-0.39, 0.29) is 18.1 Å². The lowest BCUT2D eigenvalue weighted by Gasteiger charge is -2.26. The average Bonchev–Trinajstić information content (AvgIpc) is 2.96. The number of benzene rings is 2. The van der Waals surface area contributed by atoms with Crippen LogP contribution in [-0.2, 0) is 16.0 Å². The second-order valence-corrected chi connectivity index (χ2v) is 7.13. The molecule has 5 heteroatoms. The Morgan fingerprint density at radius 1 is 1.04 bits per heavy atom. The van der Waals surface area contributed by atoms with E-state index >= 15 is 0 Å². The molecule has 0 fully saturated rings. The van der Waals surface area contributed by atoms with Crippen molar-refractivity contribution in [3.8, 4) is 5.75 Å². The molecule has 3 rings (SSSR count). The molecule has 5 nitrogen and oxygen atoms in total. The van der Waals surface area contributed by atoms with Crippen molar-refractivity contribution in [2.75, 3.05) is 4.90 Å². The zero-order valence-electron chi connectivity index (χ0n) is 16.1. The van der Waals surface area contributed by atoms with E-state index in [0.29, 0.717) is 11.3 Å². The number of hydrogen-bond donors (Lipinski definition) is 0. The van der Waals surface area contributed by atoms with Gasteiger partial charge >= 0.3 is 5.97 Å². The van der Waals surface area contributed by atoms with Gasteiger partial charge in [-0.25, -0.2) is 4.79 Å². The Kier molecular flexibility index (Phi) is 5.49. The number of rotatable bonds is 5. The normalized spacial score (nSPS) is 16.8. The molecule has 0 aliphatic carbocycles. The van der Waals surface area contributed by atoms with Crippen LogP contribution in [0.25, 0.3) is 0 Å². The Morgan fingerprint density at radius 2 is 1.70 bits per heavy atom. The standard InChI is InChI=1S/C22H25NO4/c1-14(2)26-19-11-9-17(10-12-19)22(25)27-16(4)21(24)23-15(3)13-18-7-5-6-8-20(18)23/h5-12,14-16H,13H2,1-4H3/t15-,16-/m0/s1. The number of carbonyl (C=O) groups is 2. The van der Waals surface area contributed by atoms with Crippen LogP contribution in [0.5, 0.6) is 5.75 Å². The fraction of sp³-hybridized carbons (Fsp3) is 0.364. The van der Waals surface area contributed by atoms with Gasteiger partial charge in [0, 0.05) is 11.7 Å². The maximum absolute atomic E-state index is 12.9. The third kappa shape index (κ3) is 4.13. The minimum Gasteiger partial charge on any atom is -0.491 e. The Morgan fingerprint density at radius 3 is 2.37 bits per heavy atom. The average molecular weight is 367 g/mol. The fourth-order valence-corrected chi connectivity index (χ4v) is 3.32. The van der Waals surface area contributed by atoms with Crippen LogP contribution in [0.3, 0.4) is 0 Å². The van der Waals surface area contributed by atoms with Gasteiger partial charge in [0.1, 0.15) is 5.75 Å². The smallest absolute Gasteiger partial charge is 0.338 e. The lowest BCUT2D eigenvalue weighted by Crippen LogP contribution is -2.43. The molecule has 0 saturated carbocycles. The number of para-hydroxylation sites is 1. The van der Waals surface area contributed by atoms with Crippen LogP contribution in [0.2, 0.25) is 0 Å². The van der Waals surface area contributed by atoms with Gasteiger partial charge in [0.25, 0.3) is 5.91 Å². The van der Waals surface area contributed by atoms with Crippen molar-refractivity contribution in [2.45, 2.75) is 52.4 Å². The molecule has 27 heavy (non-hydrogen) atoms. The van der Waals surface area contributed by atoms with E-state index in [0.717, 1.165) is 17.7 Å². The molecule has 0 bridgehead atoms. The molecule has 1 amide bonds. The number of fused-ring (bicyclic) bond motifs is 1. The lowest BCUT2D eigenvalue weighted by molar-refractivity contribution is -0.126. The molecule has 142 valence electrons. The first-order valence-corrected chi connectivity index (χ1v) is 9.25. The highest BCUT2D eigenvalue weighted by Gasteiger charge is 2.34. The van der Waals surface area contributed by atoms with Gasteiger partial charge in [-0.2, -0.15) is 0 Å². The van der Waals surface area contributed by atoms with Crippen LogP contribution >= 0.6 is 0 Å². The molecule has 0 unspecified atom stereocenters. The molecular weight excluding hydrogens is 342 g/mol. The highest BCUT2D eigenvalue weighted by atomic mass is 16.5. The summed E-state index contributed by atoms with van der Waals surface area (Å²) in [7, 11) is 0. The van der Waals surface area contributed by atoms with Gasteiger partial charge in [0.05, 0.1) is 11.7 Å². The number of anilines is 1. The molecule has 2 atom stereocenters. The quantitative estimate of drug-likeness (QED) is 0.750. The van der Waals surface area contributed by atoms with Crippen LogP contribution in [0, 0.1) is 0 Å². The number of carbonyl (C=O) groups excluding carboxylic acids is 2. The molecule has 1 aliphatic rings. The van der Waals surface area contributed by atoms with E-state index in [1.54, 1.807) is 36.1 Å². The predicted octanol–water partition coefficient (Wildman–Crippen LogP) is 4.00. The third-order valence-electron chi connectivity index (χ3n) is 4.54. The van der Waals surface area contributed by atoms with Crippen LogP contribution < -0.4 is 9.64 Å². The SMILES string of the molecule is CC(C)Oc1ccc(C(=O)O[C@@H](C)C(=O)N2c3ccccc3C[C@@H]2C)cc1. The second-order valence-electron chi connectivity index (χ2n) is 7.13. The van der Waals surface area contributed by atoms with Crippen molar-refractivity contribution < 1.29 is 19.1 Å². The molecule has 1 heterocycles. The minimum absolute atomic E-state index is 0.0449. The highest BCUT2D eigenvalue weighted by molar-refractivity contribution is 6.00. The summed E-state index contributed by atoms with van der Waals surface area (Å²) in [5, 5.41) is 0. The lowest BCUT2D eigenvalue weighted by atomic mass is 10.1. The van der Waals surface area contributed by atoms with Crippen molar-refractivity contribution in [1.29, 1.82) is 0 Å². The van der Waals surface area contributed by atoms with Crippen LogP contribution in [-0.4, -0.2) is 30.1 Å². The first-order valence-electron chi connectivity index (χ1n) is 9.25. The van der Waals surface area contributed by atoms with E-state index in [1.165, 1.54) is 0 Å². The zero-order chi connectivity index (χ0) is 19.6. The Labute approximate surface area is 159 Å². The number of esters is 1. The van der Waals surface area contributed by atoms with Gasteiger partial charge in [-0.3, -0.25) is 4.79 Å². The molecule has 1 aliphatic heterocycles. The summed E-state index contributed by atoms with van der Waals surface area (Å²) in [5.41, 5.74) is 2.42. The van der Waals surface area contributed by atoms with E-state index in [1.807, 2.05) is 45.0 Å². The Balaban J connectivity index is 1.67. The van der Waals surface area contributed by atoms with Crippen molar-refractivity contribution in [3.05, 3.63) is 59.7 Å². The predicted molar refractivity (Wildman–Crippen MR) is 104 cm³/mol. The molecular formula is C22H25NO4. The largest absolute Gasteiger partial charge is 0.491 e. The topological polar surface area (TPSA) is 55.8 Å². The van der Waals surface area contributed by atoms with Crippen molar-refractivity contribution in [1.82, 2.24) is 0 Å². The summed E-state index contributed by atoms with van der Waals surface area (Å²) in [6.45, 7) is 7.49. The summed E-state index contributed by atoms with van der Waals surface area (Å²) in [6, 6.07) is 14.6. The summed E-state index contributed by atoms with van der Waals surface area (Å²) in [6.07, 6.45) is 0.00311. The zero-order valence-corrected chi connectivity index (χ0v) is 16.1. The van der Waals surface area contributed by atoms with Gasteiger partial charge in [0.2, 0.25) is 0 Å². The molecule has 0 aromatic heterocycles. The maximum atomic E-state index is 12.9. The first-order chi connectivity index (χ1) is 12.9. The molecule has 2 aromatic carbocycles. The van der Waals surface area contributed by atoms with Gasteiger partial charge in [-0.15, -0.1) is 0 Å². The monoisotopic (exact) mass is 367 g/mol. The van der Waals surface area contributed by atoms with Crippen molar-refractivity contribution in [2.24, 2.45) is 0 Å². The van der Waals surface area contributed by atoms with E-state index in [4.69, 9.17) is 9.47 Å². The van der Waals surface area contributed by atoms with E-state index in [9.17, 15) is 9.59 Å². The summed E-state index contributed by atoms with van der Waals surface area (Å²) < 4.78 is 11.0. The summed E-state index contributed by atoms with van der Waals surface area (Å²) >= 11 is 0. The molecule has 2 aromatic rings.